The maximum absolute atomic E-state index is 2.48. The number of hydrogen-bond acceptors (Lipinski definition) is 0. The van der Waals surface area contributed by atoms with Crippen LogP contribution in [-0.4, -0.2) is 17.6 Å². The monoisotopic (exact) mass is 699 g/mol. The van der Waals surface area contributed by atoms with Gasteiger partial charge in [-0.15, -0.1) is 0 Å². The molecule has 2 rings (SSSR count). The highest BCUT2D eigenvalue weighted by Crippen LogP contribution is 2.24. The summed E-state index contributed by atoms with van der Waals surface area (Å²) < 4.78 is 1.19. The molecular formula is C50H84N+. The van der Waals surface area contributed by atoms with E-state index in [1.165, 1.54) is 208 Å². The van der Waals surface area contributed by atoms with Crippen LogP contribution in [0.2, 0.25) is 0 Å². The minimum absolute atomic E-state index is 1.15. The number of allylic oxidation sites excluding steroid dienone is 4. The van der Waals surface area contributed by atoms with Gasteiger partial charge in [0.25, 0.3) is 0 Å². The number of rotatable bonds is 36. The second kappa shape index (κ2) is 33.7. The SMILES string of the molecule is CCCCCCCCCCC/C=C/CCCCC[N+](CCCCC/C=C/CCCCCCCCCCC)(Cc1ccccc1)Cc1ccccc1. The van der Waals surface area contributed by atoms with Gasteiger partial charge in [0.15, 0.2) is 0 Å². The van der Waals surface area contributed by atoms with Crippen LogP contribution in [0.4, 0.5) is 0 Å². The van der Waals surface area contributed by atoms with Crippen LogP contribution in [0.3, 0.4) is 0 Å². The maximum atomic E-state index is 2.48. The molecule has 0 saturated carbocycles. The topological polar surface area (TPSA) is 0 Å². The van der Waals surface area contributed by atoms with Crippen molar-refractivity contribution in [3.63, 3.8) is 0 Å². The van der Waals surface area contributed by atoms with Crippen LogP contribution in [0.5, 0.6) is 0 Å². The zero-order chi connectivity index (χ0) is 36.2. The Morgan fingerprint density at radius 2 is 0.608 bits per heavy atom. The zero-order valence-electron chi connectivity index (χ0n) is 34.2. The molecule has 0 aliphatic carbocycles. The van der Waals surface area contributed by atoms with E-state index in [1.54, 1.807) is 0 Å². The van der Waals surface area contributed by atoms with Crippen LogP contribution in [-0.2, 0) is 13.1 Å². The fourth-order valence-electron chi connectivity index (χ4n) is 7.81. The Labute approximate surface area is 319 Å². The minimum Gasteiger partial charge on any atom is -0.316 e. The molecule has 0 amide bonds. The summed E-state index contributed by atoms with van der Waals surface area (Å²) >= 11 is 0. The van der Waals surface area contributed by atoms with Gasteiger partial charge in [-0.25, -0.2) is 0 Å². The van der Waals surface area contributed by atoms with Gasteiger partial charge < -0.3 is 4.48 Å². The van der Waals surface area contributed by atoms with Gasteiger partial charge >= 0.3 is 0 Å². The highest BCUT2D eigenvalue weighted by molar-refractivity contribution is 5.15. The van der Waals surface area contributed by atoms with Crippen LogP contribution in [0, 0.1) is 0 Å². The van der Waals surface area contributed by atoms with Crippen LogP contribution in [0.25, 0.3) is 0 Å². The summed E-state index contributed by atoms with van der Waals surface area (Å²) in [6, 6.07) is 22.7. The standard InChI is InChI=1S/C50H84N/c1-3-5-7-9-11-13-15-17-19-21-23-25-27-29-31-39-45-51(47-49-41-35-33-36-42-49,48-50-43-37-34-38-44-50)46-40-32-30-28-26-24-22-20-18-16-14-12-10-8-6-4-2/h23-26,33-38,41-44H,3-22,27-32,39-40,45-48H2,1-2H3/q+1/b25-23+,26-24+. The van der Waals surface area contributed by atoms with Gasteiger partial charge in [-0.05, 0) is 77.0 Å². The molecule has 0 heterocycles. The fraction of sp³-hybridized carbons (Fsp3) is 0.680. The molecule has 0 saturated heterocycles. The Hall–Kier alpha value is -2.12. The Morgan fingerprint density at radius 3 is 0.922 bits per heavy atom. The number of quaternary nitrogens is 1. The molecule has 0 fully saturated rings. The van der Waals surface area contributed by atoms with Gasteiger partial charge in [-0.2, -0.15) is 0 Å². The van der Waals surface area contributed by atoms with Crippen molar-refractivity contribution in [3.05, 3.63) is 96.1 Å². The Bertz CT molecular complexity index is 952. The van der Waals surface area contributed by atoms with Gasteiger partial charge in [0, 0.05) is 11.1 Å². The third-order valence-electron chi connectivity index (χ3n) is 11.0. The second-order valence-corrected chi connectivity index (χ2v) is 16.0. The first-order valence-corrected chi connectivity index (χ1v) is 22.5. The van der Waals surface area contributed by atoms with E-state index in [0.29, 0.717) is 0 Å². The summed E-state index contributed by atoms with van der Waals surface area (Å²) in [7, 11) is 0. The molecule has 0 atom stereocenters. The third-order valence-corrected chi connectivity index (χ3v) is 11.0. The molecule has 2 aromatic carbocycles. The van der Waals surface area contributed by atoms with Crippen molar-refractivity contribution in [2.45, 2.75) is 207 Å². The lowest BCUT2D eigenvalue weighted by Gasteiger charge is -2.39. The molecule has 0 spiro atoms. The number of nitrogens with zero attached hydrogens (tertiary/aromatic N) is 1. The molecule has 1 nitrogen and oxygen atoms in total. The molecule has 1 heteroatoms. The molecule has 0 radical (unpaired) electrons. The van der Waals surface area contributed by atoms with E-state index >= 15 is 0 Å². The number of benzene rings is 2. The molecule has 0 aliphatic heterocycles. The lowest BCUT2D eigenvalue weighted by Crippen LogP contribution is -2.48. The number of unbranched alkanes of at least 4 members (excludes halogenated alkanes) is 24. The van der Waals surface area contributed by atoms with Crippen molar-refractivity contribution < 1.29 is 4.48 Å². The Balaban J connectivity index is 1.73. The molecule has 0 aliphatic rings. The largest absolute Gasteiger partial charge is 0.316 e. The zero-order valence-corrected chi connectivity index (χ0v) is 34.2. The lowest BCUT2D eigenvalue weighted by atomic mass is 10.0. The van der Waals surface area contributed by atoms with E-state index < -0.39 is 0 Å². The smallest absolute Gasteiger partial charge is 0.105 e. The van der Waals surface area contributed by atoms with Crippen molar-refractivity contribution in [3.8, 4) is 0 Å². The van der Waals surface area contributed by atoms with Gasteiger partial charge in [0.1, 0.15) is 13.1 Å². The molecule has 0 bridgehead atoms. The van der Waals surface area contributed by atoms with E-state index in [-0.39, 0.29) is 0 Å². The van der Waals surface area contributed by atoms with Gasteiger partial charge in [-0.3, -0.25) is 0 Å². The van der Waals surface area contributed by atoms with Gasteiger partial charge in [0.2, 0.25) is 0 Å². The van der Waals surface area contributed by atoms with Crippen LogP contribution in [0.1, 0.15) is 205 Å². The molecule has 51 heavy (non-hydrogen) atoms. The molecule has 288 valence electrons. The summed E-state index contributed by atoms with van der Waals surface area (Å²) in [5, 5.41) is 0. The summed E-state index contributed by atoms with van der Waals surface area (Å²) in [4.78, 5) is 0. The first-order chi connectivity index (χ1) is 25.3. The van der Waals surface area contributed by atoms with Gasteiger partial charge in [0.05, 0.1) is 13.1 Å². The van der Waals surface area contributed by atoms with Crippen molar-refractivity contribution in [2.24, 2.45) is 0 Å². The molecule has 0 aromatic heterocycles. The number of hydrogen-bond donors (Lipinski definition) is 0. The predicted molar refractivity (Wildman–Crippen MR) is 229 cm³/mol. The second-order valence-electron chi connectivity index (χ2n) is 16.0. The first-order valence-electron chi connectivity index (χ1n) is 22.5. The Kier molecular flexibility index (Phi) is 29.8. The minimum atomic E-state index is 1.15. The predicted octanol–water partition coefficient (Wildman–Crippen LogP) is 16.3. The third kappa shape index (κ3) is 26.3. The Morgan fingerprint density at radius 1 is 0.333 bits per heavy atom. The molecule has 0 N–H and O–H groups in total. The van der Waals surface area contributed by atoms with Crippen molar-refractivity contribution in [1.29, 1.82) is 0 Å². The van der Waals surface area contributed by atoms with Gasteiger partial charge in [-0.1, -0.05) is 202 Å². The fourth-order valence-corrected chi connectivity index (χ4v) is 7.81. The van der Waals surface area contributed by atoms with E-state index in [1.807, 2.05) is 0 Å². The van der Waals surface area contributed by atoms with Crippen molar-refractivity contribution >= 4 is 0 Å². The highest BCUT2D eigenvalue weighted by atomic mass is 15.3. The molecule has 2 aromatic rings. The normalized spacial score (nSPS) is 12.1. The van der Waals surface area contributed by atoms with Crippen LogP contribution in [0.15, 0.2) is 85.0 Å². The first kappa shape index (κ1) is 45.0. The van der Waals surface area contributed by atoms with E-state index in [0.717, 1.165) is 13.1 Å². The van der Waals surface area contributed by atoms with Crippen molar-refractivity contribution in [1.82, 2.24) is 0 Å². The highest BCUT2D eigenvalue weighted by Gasteiger charge is 2.27. The van der Waals surface area contributed by atoms with Crippen LogP contribution < -0.4 is 0 Å². The van der Waals surface area contributed by atoms with E-state index in [9.17, 15) is 0 Å². The summed E-state index contributed by atoms with van der Waals surface area (Å²) in [6.45, 7) is 9.47. The average Bonchev–Trinajstić information content (AvgIpc) is 3.15. The van der Waals surface area contributed by atoms with E-state index in [2.05, 4.69) is 98.8 Å². The lowest BCUT2D eigenvalue weighted by molar-refractivity contribution is -0.954. The van der Waals surface area contributed by atoms with Crippen molar-refractivity contribution in [2.75, 3.05) is 13.1 Å². The average molecular weight is 699 g/mol. The summed E-state index contributed by atoms with van der Waals surface area (Å²) in [5.74, 6) is 0. The summed E-state index contributed by atoms with van der Waals surface area (Å²) in [6.07, 6.45) is 48.5. The maximum Gasteiger partial charge on any atom is 0.105 e. The summed E-state index contributed by atoms with van der Waals surface area (Å²) in [5.41, 5.74) is 2.99. The van der Waals surface area contributed by atoms with E-state index in [4.69, 9.17) is 0 Å². The quantitative estimate of drug-likeness (QED) is 0.0377. The molecule has 0 unspecified atom stereocenters. The molecular weight excluding hydrogens is 615 g/mol. The van der Waals surface area contributed by atoms with Crippen LogP contribution >= 0.6 is 0 Å².